The maximum atomic E-state index is 5.64. The Hall–Kier alpha value is -1.25. The molecule has 0 unspecified atom stereocenters. The van der Waals surface area contributed by atoms with Crippen molar-refractivity contribution in [3.05, 3.63) is 18.2 Å². The van der Waals surface area contributed by atoms with Crippen LogP contribution in [0.15, 0.2) is 18.2 Å². The van der Waals surface area contributed by atoms with Crippen LogP contribution in [0.1, 0.15) is 27.2 Å². The summed E-state index contributed by atoms with van der Waals surface area (Å²) in [5.74, 6) is 1.50. The smallest absolute Gasteiger partial charge is 0.131 e. The van der Waals surface area contributed by atoms with Gasteiger partial charge in [0, 0.05) is 12.6 Å². The van der Waals surface area contributed by atoms with E-state index in [-0.39, 0.29) is 5.54 Å². The highest BCUT2D eigenvalue weighted by molar-refractivity contribution is 5.45. The van der Waals surface area contributed by atoms with E-state index in [9.17, 15) is 0 Å². The van der Waals surface area contributed by atoms with Crippen LogP contribution in [0.4, 0.5) is 11.6 Å². The molecule has 0 aliphatic carbocycles. The van der Waals surface area contributed by atoms with E-state index in [4.69, 9.17) is 5.73 Å². The van der Waals surface area contributed by atoms with Crippen LogP contribution in [-0.4, -0.2) is 17.6 Å². The summed E-state index contributed by atoms with van der Waals surface area (Å²) < 4.78 is 0. The number of pyridine rings is 1. The Morgan fingerprint density at radius 2 is 2.07 bits per heavy atom. The van der Waals surface area contributed by atoms with Crippen molar-refractivity contribution in [1.29, 1.82) is 0 Å². The van der Waals surface area contributed by atoms with Gasteiger partial charge in [-0.25, -0.2) is 4.98 Å². The second-order valence-electron chi connectivity index (χ2n) is 4.15. The molecule has 0 saturated heterocycles. The van der Waals surface area contributed by atoms with Crippen molar-refractivity contribution >= 4 is 11.6 Å². The molecule has 1 aromatic rings. The van der Waals surface area contributed by atoms with E-state index in [1.54, 1.807) is 6.07 Å². The van der Waals surface area contributed by atoms with Crippen LogP contribution in [-0.2, 0) is 0 Å². The highest BCUT2D eigenvalue weighted by Gasteiger charge is 2.22. The fourth-order valence-corrected chi connectivity index (χ4v) is 1.17. The average Bonchev–Trinajstić information content (AvgIpc) is 2.16. The molecule has 0 aromatic carbocycles. The van der Waals surface area contributed by atoms with Gasteiger partial charge in [-0.15, -0.1) is 0 Å². The van der Waals surface area contributed by atoms with Gasteiger partial charge in [0.15, 0.2) is 0 Å². The standard InChI is InChI=1S/C11H19N3/c1-5-11(2,3)14(4)10-8-6-7-9(12)13-10/h6-8H,5H2,1-4H3,(H2,12,13). The lowest BCUT2D eigenvalue weighted by Gasteiger charge is -2.35. The summed E-state index contributed by atoms with van der Waals surface area (Å²) in [5, 5.41) is 0. The molecular formula is C11H19N3. The lowest BCUT2D eigenvalue weighted by molar-refractivity contribution is 0.467. The van der Waals surface area contributed by atoms with Crippen molar-refractivity contribution in [3.8, 4) is 0 Å². The van der Waals surface area contributed by atoms with Crippen molar-refractivity contribution in [3.63, 3.8) is 0 Å². The lowest BCUT2D eigenvalue weighted by atomic mass is 10.00. The Bertz CT molecular complexity index is 307. The first-order valence-electron chi connectivity index (χ1n) is 4.93. The van der Waals surface area contributed by atoms with Crippen molar-refractivity contribution in [2.24, 2.45) is 0 Å². The molecule has 0 bridgehead atoms. The zero-order chi connectivity index (χ0) is 10.8. The number of aromatic nitrogens is 1. The summed E-state index contributed by atoms with van der Waals surface area (Å²) >= 11 is 0. The van der Waals surface area contributed by atoms with Crippen LogP contribution >= 0.6 is 0 Å². The van der Waals surface area contributed by atoms with Crippen LogP contribution in [0.3, 0.4) is 0 Å². The number of nitrogen functional groups attached to an aromatic ring is 1. The third-order valence-corrected chi connectivity index (χ3v) is 2.87. The van der Waals surface area contributed by atoms with Gasteiger partial charge >= 0.3 is 0 Å². The molecule has 1 heterocycles. The predicted octanol–water partition coefficient (Wildman–Crippen LogP) is 2.29. The number of hydrogen-bond donors (Lipinski definition) is 1. The Kier molecular flexibility index (Phi) is 2.99. The second kappa shape index (κ2) is 3.86. The topological polar surface area (TPSA) is 42.1 Å². The van der Waals surface area contributed by atoms with Gasteiger partial charge in [0.25, 0.3) is 0 Å². The highest BCUT2D eigenvalue weighted by atomic mass is 15.2. The largest absolute Gasteiger partial charge is 0.384 e. The van der Waals surface area contributed by atoms with E-state index >= 15 is 0 Å². The molecule has 0 aliphatic heterocycles. The van der Waals surface area contributed by atoms with Crippen molar-refractivity contribution < 1.29 is 0 Å². The molecule has 2 N–H and O–H groups in total. The summed E-state index contributed by atoms with van der Waals surface area (Å²) in [6.07, 6.45) is 1.07. The van der Waals surface area contributed by atoms with E-state index < -0.39 is 0 Å². The number of hydrogen-bond acceptors (Lipinski definition) is 3. The average molecular weight is 193 g/mol. The van der Waals surface area contributed by atoms with E-state index in [0.717, 1.165) is 12.2 Å². The summed E-state index contributed by atoms with van der Waals surface area (Å²) in [5.41, 5.74) is 5.76. The molecule has 0 saturated carbocycles. The molecule has 1 rings (SSSR count). The van der Waals surface area contributed by atoms with E-state index in [2.05, 4.69) is 30.7 Å². The van der Waals surface area contributed by atoms with Gasteiger partial charge in [-0.3, -0.25) is 0 Å². The molecule has 0 fully saturated rings. The zero-order valence-electron chi connectivity index (χ0n) is 9.41. The Morgan fingerprint density at radius 1 is 1.43 bits per heavy atom. The maximum absolute atomic E-state index is 5.64. The molecule has 0 amide bonds. The first-order valence-corrected chi connectivity index (χ1v) is 4.93. The number of rotatable bonds is 3. The first-order chi connectivity index (χ1) is 6.47. The molecule has 0 radical (unpaired) electrons. The van der Waals surface area contributed by atoms with Crippen molar-refractivity contribution in [1.82, 2.24) is 4.98 Å². The van der Waals surface area contributed by atoms with E-state index in [0.29, 0.717) is 5.82 Å². The van der Waals surface area contributed by atoms with E-state index in [1.165, 1.54) is 0 Å². The lowest BCUT2D eigenvalue weighted by Crippen LogP contribution is -2.41. The van der Waals surface area contributed by atoms with Gasteiger partial charge in [0.05, 0.1) is 0 Å². The highest BCUT2D eigenvalue weighted by Crippen LogP contribution is 2.23. The summed E-state index contributed by atoms with van der Waals surface area (Å²) in [6, 6.07) is 5.71. The maximum Gasteiger partial charge on any atom is 0.131 e. The predicted molar refractivity (Wildman–Crippen MR) is 61.4 cm³/mol. The van der Waals surface area contributed by atoms with Crippen LogP contribution in [0.2, 0.25) is 0 Å². The van der Waals surface area contributed by atoms with Gasteiger partial charge in [-0.1, -0.05) is 13.0 Å². The number of anilines is 2. The third kappa shape index (κ3) is 2.16. The molecule has 0 atom stereocenters. The fourth-order valence-electron chi connectivity index (χ4n) is 1.17. The van der Waals surface area contributed by atoms with Gasteiger partial charge in [0.2, 0.25) is 0 Å². The third-order valence-electron chi connectivity index (χ3n) is 2.87. The molecule has 14 heavy (non-hydrogen) atoms. The Labute approximate surface area is 85.9 Å². The SMILES string of the molecule is CCC(C)(C)N(C)c1cccc(N)n1. The molecule has 78 valence electrons. The molecule has 0 spiro atoms. The van der Waals surface area contributed by atoms with Crippen LogP contribution < -0.4 is 10.6 Å². The Morgan fingerprint density at radius 3 is 2.57 bits per heavy atom. The Balaban J connectivity index is 2.94. The van der Waals surface area contributed by atoms with Gasteiger partial charge in [-0.05, 0) is 32.4 Å². The minimum Gasteiger partial charge on any atom is -0.384 e. The fraction of sp³-hybridized carbons (Fsp3) is 0.545. The molecule has 3 heteroatoms. The molecule has 1 aromatic heterocycles. The first kappa shape index (κ1) is 10.8. The minimum atomic E-state index is 0.112. The number of nitrogens with zero attached hydrogens (tertiary/aromatic N) is 2. The van der Waals surface area contributed by atoms with Gasteiger partial charge in [-0.2, -0.15) is 0 Å². The second-order valence-corrected chi connectivity index (χ2v) is 4.15. The van der Waals surface area contributed by atoms with Crippen molar-refractivity contribution in [2.75, 3.05) is 17.7 Å². The quantitative estimate of drug-likeness (QED) is 0.800. The molecular weight excluding hydrogens is 174 g/mol. The van der Waals surface area contributed by atoms with Gasteiger partial charge < -0.3 is 10.6 Å². The van der Waals surface area contributed by atoms with Crippen LogP contribution in [0, 0.1) is 0 Å². The monoisotopic (exact) mass is 193 g/mol. The summed E-state index contributed by atoms with van der Waals surface area (Å²) in [6.45, 7) is 6.55. The molecule has 0 aliphatic rings. The normalized spacial score (nSPS) is 11.4. The van der Waals surface area contributed by atoms with E-state index in [1.807, 2.05) is 19.2 Å². The minimum absolute atomic E-state index is 0.112. The summed E-state index contributed by atoms with van der Waals surface area (Å²) in [7, 11) is 2.05. The summed E-state index contributed by atoms with van der Waals surface area (Å²) in [4.78, 5) is 6.45. The van der Waals surface area contributed by atoms with Crippen LogP contribution in [0.5, 0.6) is 0 Å². The zero-order valence-corrected chi connectivity index (χ0v) is 9.41. The van der Waals surface area contributed by atoms with Gasteiger partial charge in [0.1, 0.15) is 11.6 Å². The number of nitrogens with two attached hydrogens (primary N) is 1. The molecule has 3 nitrogen and oxygen atoms in total. The van der Waals surface area contributed by atoms with Crippen LogP contribution in [0.25, 0.3) is 0 Å². The van der Waals surface area contributed by atoms with Crippen molar-refractivity contribution in [2.45, 2.75) is 32.7 Å².